The van der Waals surface area contributed by atoms with Crippen LogP contribution in [0.15, 0.2) is 66.7 Å². The number of non-ortho nitro benzene ring substituents is 1. The van der Waals surface area contributed by atoms with Crippen LogP contribution in [0, 0.1) is 10.1 Å². The number of nitro benzene ring substituents is 1. The molecule has 0 spiro atoms. The molecule has 7 nitrogen and oxygen atoms in total. The van der Waals surface area contributed by atoms with E-state index in [0.717, 1.165) is 23.7 Å². The number of rotatable bonds is 7. The van der Waals surface area contributed by atoms with E-state index in [-0.39, 0.29) is 17.1 Å². The molecule has 3 aromatic carbocycles. The van der Waals surface area contributed by atoms with Crippen LogP contribution in [-0.4, -0.2) is 15.9 Å². The molecule has 1 amide bonds. The number of phenols is 1. The Labute approximate surface area is 168 Å². The summed E-state index contributed by atoms with van der Waals surface area (Å²) in [5, 5.41) is 26.7. The van der Waals surface area contributed by atoms with Gasteiger partial charge < -0.3 is 15.7 Å². The van der Waals surface area contributed by atoms with Crippen molar-refractivity contribution < 1.29 is 14.8 Å². The molecule has 148 valence electrons. The maximum atomic E-state index is 12.6. The Balaban J connectivity index is 1.73. The Morgan fingerprint density at radius 1 is 1.03 bits per heavy atom. The summed E-state index contributed by atoms with van der Waals surface area (Å²) < 4.78 is 0. The van der Waals surface area contributed by atoms with Crippen LogP contribution in [0.1, 0.15) is 28.4 Å². The molecule has 0 saturated carbocycles. The zero-order chi connectivity index (χ0) is 20.8. The number of nitro groups is 1. The van der Waals surface area contributed by atoms with Crippen molar-refractivity contribution in [2.24, 2.45) is 0 Å². The van der Waals surface area contributed by atoms with Gasteiger partial charge in [-0.25, -0.2) is 0 Å². The van der Waals surface area contributed by atoms with Crippen LogP contribution in [-0.2, 0) is 13.0 Å². The number of hydrogen-bond donors (Lipinski definition) is 3. The molecule has 0 bridgehead atoms. The van der Waals surface area contributed by atoms with Gasteiger partial charge in [0.05, 0.1) is 10.6 Å². The molecule has 0 aliphatic carbocycles. The first-order chi connectivity index (χ1) is 14.0. The zero-order valence-electron chi connectivity index (χ0n) is 15.9. The second kappa shape index (κ2) is 8.88. The molecule has 0 aromatic heterocycles. The van der Waals surface area contributed by atoms with Crippen molar-refractivity contribution in [2.75, 3.05) is 10.6 Å². The van der Waals surface area contributed by atoms with Crippen molar-refractivity contribution in [3.05, 3.63) is 93.5 Å². The van der Waals surface area contributed by atoms with Gasteiger partial charge in [-0.1, -0.05) is 37.3 Å². The summed E-state index contributed by atoms with van der Waals surface area (Å²) in [4.78, 5) is 22.9. The van der Waals surface area contributed by atoms with E-state index in [1.54, 1.807) is 18.2 Å². The van der Waals surface area contributed by atoms with Crippen molar-refractivity contribution in [3.63, 3.8) is 0 Å². The van der Waals surface area contributed by atoms with Gasteiger partial charge in [0.15, 0.2) is 0 Å². The lowest BCUT2D eigenvalue weighted by Gasteiger charge is -2.12. The average molecular weight is 391 g/mol. The number of amides is 1. The van der Waals surface area contributed by atoms with Crippen molar-refractivity contribution in [2.45, 2.75) is 19.9 Å². The molecule has 0 unspecified atom stereocenters. The van der Waals surface area contributed by atoms with Crippen molar-refractivity contribution >= 4 is 23.0 Å². The van der Waals surface area contributed by atoms with Gasteiger partial charge in [0, 0.05) is 29.9 Å². The summed E-state index contributed by atoms with van der Waals surface area (Å²) in [6.45, 7) is 2.63. The predicted molar refractivity (Wildman–Crippen MR) is 112 cm³/mol. The molecular weight excluding hydrogens is 370 g/mol. The van der Waals surface area contributed by atoms with E-state index < -0.39 is 10.8 Å². The maximum absolute atomic E-state index is 12.6. The number of benzene rings is 3. The Hall–Kier alpha value is -3.87. The van der Waals surface area contributed by atoms with Gasteiger partial charge in [-0.15, -0.1) is 0 Å². The molecular formula is C22H21N3O4. The molecule has 0 heterocycles. The van der Waals surface area contributed by atoms with Gasteiger partial charge >= 0.3 is 0 Å². The molecule has 7 heteroatoms. The van der Waals surface area contributed by atoms with E-state index in [4.69, 9.17) is 0 Å². The fraction of sp³-hybridized carbons (Fsp3) is 0.136. The highest BCUT2D eigenvalue weighted by molar-refractivity contribution is 6.05. The summed E-state index contributed by atoms with van der Waals surface area (Å²) in [5.41, 5.74) is 3.33. The van der Waals surface area contributed by atoms with E-state index in [1.807, 2.05) is 24.3 Å². The second-order valence-electron chi connectivity index (χ2n) is 6.48. The third-order valence-corrected chi connectivity index (χ3v) is 4.51. The predicted octanol–water partition coefficient (Wildman–Crippen LogP) is 4.73. The molecule has 0 radical (unpaired) electrons. The molecule has 29 heavy (non-hydrogen) atoms. The van der Waals surface area contributed by atoms with Crippen LogP contribution in [0.3, 0.4) is 0 Å². The van der Waals surface area contributed by atoms with E-state index in [0.29, 0.717) is 12.1 Å². The molecule has 0 saturated heterocycles. The fourth-order valence-corrected chi connectivity index (χ4v) is 2.95. The standard InChI is InChI=1S/C22H21N3O4/c1-2-16-7-3-4-9-19(16)23-14-15-6-5-8-17(12-15)22(27)24-20-13-18(25(28)29)10-11-21(20)26/h3-13,23,26H,2,14H2,1H3,(H,24,27). The van der Waals surface area contributed by atoms with Gasteiger partial charge in [-0.2, -0.15) is 0 Å². The molecule has 0 aliphatic heterocycles. The molecule has 0 fully saturated rings. The number of aromatic hydroxyl groups is 1. The molecule has 3 N–H and O–H groups in total. The van der Waals surface area contributed by atoms with Crippen molar-refractivity contribution in [1.82, 2.24) is 0 Å². The van der Waals surface area contributed by atoms with Gasteiger partial charge in [-0.05, 0) is 41.8 Å². The van der Waals surface area contributed by atoms with Crippen LogP contribution in [0.2, 0.25) is 0 Å². The Kier molecular flexibility index (Phi) is 6.09. The number of phenolic OH excluding ortho intramolecular Hbond substituents is 1. The fourth-order valence-electron chi connectivity index (χ4n) is 2.95. The number of nitrogens with zero attached hydrogens (tertiary/aromatic N) is 1. The van der Waals surface area contributed by atoms with Crippen LogP contribution < -0.4 is 10.6 Å². The highest BCUT2D eigenvalue weighted by atomic mass is 16.6. The SMILES string of the molecule is CCc1ccccc1NCc1cccc(C(=O)Nc2cc([N+](=O)[O-])ccc2O)c1. The highest BCUT2D eigenvalue weighted by Crippen LogP contribution is 2.28. The summed E-state index contributed by atoms with van der Waals surface area (Å²) in [6, 6.07) is 18.6. The van der Waals surface area contributed by atoms with Crippen molar-refractivity contribution in [3.8, 4) is 5.75 Å². The minimum Gasteiger partial charge on any atom is -0.506 e. The monoisotopic (exact) mass is 391 g/mol. The zero-order valence-corrected chi connectivity index (χ0v) is 15.9. The first-order valence-electron chi connectivity index (χ1n) is 9.17. The molecule has 3 aromatic rings. The third-order valence-electron chi connectivity index (χ3n) is 4.51. The quantitative estimate of drug-likeness (QED) is 0.307. The molecule has 3 rings (SSSR count). The van der Waals surface area contributed by atoms with Gasteiger partial charge in [-0.3, -0.25) is 14.9 Å². The smallest absolute Gasteiger partial charge is 0.271 e. The number of carbonyl (C=O) groups excluding carboxylic acids is 1. The number of anilines is 2. The number of hydrogen-bond acceptors (Lipinski definition) is 5. The number of para-hydroxylation sites is 1. The van der Waals surface area contributed by atoms with Crippen LogP contribution in [0.5, 0.6) is 5.75 Å². The molecule has 0 atom stereocenters. The van der Waals surface area contributed by atoms with E-state index >= 15 is 0 Å². The first kappa shape index (κ1) is 19.9. The summed E-state index contributed by atoms with van der Waals surface area (Å²) in [5.74, 6) is -0.699. The van der Waals surface area contributed by atoms with Crippen LogP contribution >= 0.6 is 0 Å². The van der Waals surface area contributed by atoms with E-state index in [1.165, 1.54) is 17.7 Å². The summed E-state index contributed by atoms with van der Waals surface area (Å²) in [7, 11) is 0. The third kappa shape index (κ3) is 4.90. The normalized spacial score (nSPS) is 10.4. The Morgan fingerprint density at radius 3 is 2.59 bits per heavy atom. The largest absolute Gasteiger partial charge is 0.506 e. The lowest BCUT2D eigenvalue weighted by atomic mass is 10.1. The van der Waals surface area contributed by atoms with Gasteiger partial charge in [0.25, 0.3) is 11.6 Å². The summed E-state index contributed by atoms with van der Waals surface area (Å²) in [6.07, 6.45) is 0.915. The minimum atomic E-state index is -0.588. The summed E-state index contributed by atoms with van der Waals surface area (Å²) >= 11 is 0. The maximum Gasteiger partial charge on any atom is 0.271 e. The number of aryl methyl sites for hydroxylation is 1. The lowest BCUT2D eigenvalue weighted by molar-refractivity contribution is -0.384. The second-order valence-corrected chi connectivity index (χ2v) is 6.48. The average Bonchev–Trinajstić information content (AvgIpc) is 2.74. The number of carbonyl (C=O) groups is 1. The lowest BCUT2D eigenvalue weighted by Crippen LogP contribution is -2.13. The topological polar surface area (TPSA) is 104 Å². The molecule has 0 aliphatic rings. The Bertz CT molecular complexity index is 1050. The number of nitrogens with one attached hydrogen (secondary N) is 2. The highest BCUT2D eigenvalue weighted by Gasteiger charge is 2.14. The minimum absolute atomic E-state index is 0.00963. The van der Waals surface area contributed by atoms with Crippen molar-refractivity contribution in [1.29, 1.82) is 0 Å². The van der Waals surface area contributed by atoms with Gasteiger partial charge in [0.2, 0.25) is 0 Å². The van der Waals surface area contributed by atoms with Crippen LogP contribution in [0.4, 0.5) is 17.1 Å². The van der Waals surface area contributed by atoms with Gasteiger partial charge in [0.1, 0.15) is 5.75 Å². The van der Waals surface area contributed by atoms with E-state index in [9.17, 15) is 20.0 Å². The Morgan fingerprint density at radius 2 is 1.83 bits per heavy atom. The first-order valence-corrected chi connectivity index (χ1v) is 9.17. The van der Waals surface area contributed by atoms with Crippen LogP contribution in [0.25, 0.3) is 0 Å². The van der Waals surface area contributed by atoms with E-state index in [2.05, 4.69) is 23.6 Å².